The van der Waals surface area contributed by atoms with Crippen molar-refractivity contribution in [2.24, 2.45) is 10.2 Å². The van der Waals surface area contributed by atoms with E-state index in [-0.39, 0.29) is 16.5 Å². The van der Waals surface area contributed by atoms with Crippen molar-refractivity contribution < 1.29 is 18.3 Å². The van der Waals surface area contributed by atoms with Crippen LogP contribution >= 0.6 is 0 Å². The number of sulfonamides is 1. The van der Waals surface area contributed by atoms with Gasteiger partial charge in [0.1, 0.15) is 0 Å². The lowest BCUT2D eigenvalue weighted by molar-refractivity contribution is -0.118. The minimum Gasteiger partial charge on any atom is -0.493 e. The van der Waals surface area contributed by atoms with Gasteiger partial charge in [0.25, 0.3) is 5.91 Å². The summed E-state index contributed by atoms with van der Waals surface area (Å²) in [6.45, 7) is 5.40. The number of hydrogen-bond donors (Lipinski definition) is 1. The summed E-state index contributed by atoms with van der Waals surface area (Å²) in [5, 5.41) is 18.6. The number of carbonyl (C=O) groups is 1. The van der Waals surface area contributed by atoms with Crippen LogP contribution in [0.2, 0.25) is 0 Å². The number of aryl methyl sites for hydroxylation is 1. The second kappa shape index (κ2) is 8.60. The van der Waals surface area contributed by atoms with Gasteiger partial charge in [-0.25, -0.2) is 8.42 Å². The number of carbonyl (C=O) groups excluding carboxylic acids is 1. The molecule has 2 aromatic carbocycles. The van der Waals surface area contributed by atoms with E-state index in [1.54, 1.807) is 41.0 Å². The highest BCUT2D eigenvalue weighted by Crippen LogP contribution is 2.38. The predicted molar refractivity (Wildman–Crippen MR) is 114 cm³/mol. The van der Waals surface area contributed by atoms with Gasteiger partial charge in [0.15, 0.2) is 5.69 Å². The Morgan fingerprint density at radius 1 is 1.20 bits per heavy atom. The molecule has 3 aromatic rings. The first kappa shape index (κ1) is 21.4. The molecule has 9 heteroatoms. The summed E-state index contributed by atoms with van der Waals surface area (Å²) in [6, 6.07) is 13.5. The third-order valence-electron chi connectivity index (χ3n) is 4.58. The standard InChI is InChI=1S/C21H22N4O4S/c1-4-13-25-18-8-6-5-7-17(18)20(21(25)27)23-22-19(26)14-24(3)30(28,29)16-11-9-15(2)10-12-16/h4-12,27H,1,13-14H2,2-3H3. The average Bonchev–Trinajstić information content (AvgIpc) is 2.98. The second-order valence-electron chi connectivity index (χ2n) is 6.76. The van der Waals surface area contributed by atoms with Gasteiger partial charge in [0, 0.05) is 19.0 Å². The van der Waals surface area contributed by atoms with Gasteiger partial charge in [-0.05, 0) is 25.1 Å². The molecule has 0 aliphatic carbocycles. The molecule has 3 rings (SSSR count). The molecule has 30 heavy (non-hydrogen) atoms. The lowest BCUT2D eigenvalue weighted by Crippen LogP contribution is -2.31. The number of azo groups is 1. The minimum atomic E-state index is -3.83. The SMILES string of the molecule is C=CCn1c(O)c(N=NC(=O)CN(C)S(=O)(=O)c2ccc(C)cc2)c2ccccc21. The van der Waals surface area contributed by atoms with Crippen LogP contribution in [0.15, 0.2) is 76.3 Å². The number of benzene rings is 2. The number of amides is 1. The van der Waals surface area contributed by atoms with E-state index in [1.165, 1.54) is 19.2 Å². The molecular formula is C21H22N4O4S. The molecule has 0 atom stereocenters. The van der Waals surface area contributed by atoms with Crippen LogP contribution in [0, 0.1) is 6.92 Å². The van der Waals surface area contributed by atoms with Crippen molar-refractivity contribution in [2.45, 2.75) is 18.4 Å². The summed E-state index contributed by atoms with van der Waals surface area (Å²) >= 11 is 0. The Kier molecular flexibility index (Phi) is 6.14. The highest BCUT2D eigenvalue weighted by molar-refractivity contribution is 7.89. The lowest BCUT2D eigenvalue weighted by atomic mass is 10.2. The minimum absolute atomic E-state index is 0.0884. The number of allylic oxidation sites excluding steroid dienone is 1. The molecule has 0 saturated carbocycles. The highest BCUT2D eigenvalue weighted by Gasteiger charge is 2.23. The number of aromatic nitrogens is 1. The van der Waals surface area contributed by atoms with Crippen molar-refractivity contribution in [3.63, 3.8) is 0 Å². The molecule has 8 nitrogen and oxygen atoms in total. The Labute approximate surface area is 174 Å². The van der Waals surface area contributed by atoms with Gasteiger partial charge < -0.3 is 9.67 Å². The van der Waals surface area contributed by atoms with Crippen LogP contribution in [0.4, 0.5) is 5.69 Å². The summed E-state index contributed by atoms with van der Waals surface area (Å²) in [5.41, 5.74) is 1.79. The van der Waals surface area contributed by atoms with E-state index < -0.39 is 22.5 Å². The van der Waals surface area contributed by atoms with Gasteiger partial charge in [0.05, 0.1) is 17.0 Å². The molecule has 0 unspecified atom stereocenters. The molecule has 0 spiro atoms. The molecule has 0 aliphatic rings. The van der Waals surface area contributed by atoms with Crippen molar-refractivity contribution >= 4 is 32.5 Å². The summed E-state index contributed by atoms with van der Waals surface area (Å²) in [6.07, 6.45) is 1.63. The number of hydrogen-bond acceptors (Lipinski definition) is 5. The molecule has 1 N–H and O–H groups in total. The van der Waals surface area contributed by atoms with Crippen LogP contribution in [0.25, 0.3) is 10.9 Å². The zero-order chi connectivity index (χ0) is 21.9. The fourth-order valence-corrected chi connectivity index (χ4v) is 4.11. The van der Waals surface area contributed by atoms with Crippen molar-refractivity contribution in [3.05, 3.63) is 66.7 Å². The molecule has 1 heterocycles. The predicted octanol–water partition coefficient (Wildman–Crippen LogP) is 3.77. The monoisotopic (exact) mass is 426 g/mol. The number of rotatable bonds is 7. The molecule has 0 bridgehead atoms. The van der Waals surface area contributed by atoms with E-state index in [0.717, 1.165) is 15.4 Å². The second-order valence-corrected chi connectivity index (χ2v) is 8.80. The van der Waals surface area contributed by atoms with Gasteiger partial charge in [0.2, 0.25) is 15.9 Å². The van der Waals surface area contributed by atoms with E-state index in [1.807, 2.05) is 13.0 Å². The van der Waals surface area contributed by atoms with Gasteiger partial charge in [-0.2, -0.15) is 4.31 Å². The first-order valence-electron chi connectivity index (χ1n) is 9.14. The molecule has 156 valence electrons. The van der Waals surface area contributed by atoms with Crippen LogP contribution < -0.4 is 0 Å². The molecule has 1 aromatic heterocycles. The Morgan fingerprint density at radius 2 is 1.87 bits per heavy atom. The fourth-order valence-electron chi connectivity index (χ4n) is 2.99. The fraction of sp³-hybridized carbons (Fsp3) is 0.190. The maximum atomic E-state index is 12.6. The van der Waals surface area contributed by atoms with Crippen molar-refractivity contribution in [2.75, 3.05) is 13.6 Å². The van der Waals surface area contributed by atoms with Gasteiger partial charge in [-0.15, -0.1) is 16.8 Å². The Hall–Kier alpha value is -3.30. The zero-order valence-electron chi connectivity index (χ0n) is 16.7. The smallest absolute Gasteiger partial charge is 0.279 e. The number of likely N-dealkylation sites (N-methyl/N-ethyl adjacent to an activating group) is 1. The third-order valence-corrected chi connectivity index (χ3v) is 6.40. The van der Waals surface area contributed by atoms with E-state index >= 15 is 0 Å². The number of nitrogens with zero attached hydrogens (tertiary/aromatic N) is 4. The largest absolute Gasteiger partial charge is 0.493 e. The summed E-state index contributed by atoms with van der Waals surface area (Å²) in [4.78, 5) is 12.4. The Morgan fingerprint density at radius 3 is 2.53 bits per heavy atom. The van der Waals surface area contributed by atoms with E-state index in [0.29, 0.717) is 11.9 Å². The molecular weight excluding hydrogens is 404 g/mol. The Bertz CT molecular complexity index is 1230. The Balaban J connectivity index is 1.82. The number of aromatic hydroxyl groups is 1. The van der Waals surface area contributed by atoms with Crippen LogP contribution in [-0.2, 0) is 21.4 Å². The molecule has 0 radical (unpaired) electrons. The molecule has 0 aliphatic heterocycles. The van der Waals surface area contributed by atoms with Gasteiger partial charge >= 0.3 is 0 Å². The molecule has 0 fully saturated rings. The quantitative estimate of drug-likeness (QED) is 0.459. The van der Waals surface area contributed by atoms with Crippen molar-refractivity contribution in [1.82, 2.24) is 8.87 Å². The van der Waals surface area contributed by atoms with Crippen LogP contribution in [0.5, 0.6) is 5.88 Å². The maximum absolute atomic E-state index is 12.6. The molecule has 0 saturated heterocycles. The molecule has 1 amide bonds. The van der Waals surface area contributed by atoms with E-state index in [2.05, 4.69) is 16.8 Å². The van der Waals surface area contributed by atoms with E-state index in [4.69, 9.17) is 0 Å². The highest BCUT2D eigenvalue weighted by atomic mass is 32.2. The van der Waals surface area contributed by atoms with Crippen LogP contribution in [-0.4, -0.2) is 41.9 Å². The van der Waals surface area contributed by atoms with Gasteiger partial charge in [-0.3, -0.25) is 4.79 Å². The van der Waals surface area contributed by atoms with Crippen molar-refractivity contribution in [3.8, 4) is 5.88 Å². The summed E-state index contributed by atoms with van der Waals surface area (Å²) in [7, 11) is -2.53. The normalized spacial score (nSPS) is 12.1. The van der Waals surface area contributed by atoms with Crippen LogP contribution in [0.1, 0.15) is 5.56 Å². The third kappa shape index (κ3) is 4.17. The van der Waals surface area contributed by atoms with Gasteiger partial charge in [-0.1, -0.05) is 42.0 Å². The first-order chi connectivity index (χ1) is 14.3. The number of fused-ring (bicyclic) bond motifs is 1. The average molecular weight is 426 g/mol. The summed E-state index contributed by atoms with van der Waals surface area (Å²) < 4.78 is 27.7. The number of para-hydroxylation sites is 1. The maximum Gasteiger partial charge on any atom is 0.279 e. The van der Waals surface area contributed by atoms with E-state index in [9.17, 15) is 18.3 Å². The van der Waals surface area contributed by atoms with Crippen LogP contribution in [0.3, 0.4) is 0 Å². The van der Waals surface area contributed by atoms with Crippen molar-refractivity contribution in [1.29, 1.82) is 0 Å². The summed E-state index contributed by atoms with van der Waals surface area (Å²) in [5.74, 6) is -0.901. The first-order valence-corrected chi connectivity index (χ1v) is 10.6. The lowest BCUT2D eigenvalue weighted by Gasteiger charge is -2.15. The zero-order valence-corrected chi connectivity index (χ0v) is 17.5. The topological polar surface area (TPSA) is 104 Å².